The third kappa shape index (κ3) is 5.32. The second-order valence-electron chi connectivity index (χ2n) is 8.95. The van der Waals surface area contributed by atoms with Crippen LogP contribution in [0.25, 0.3) is 0 Å². The van der Waals surface area contributed by atoms with E-state index >= 15 is 0 Å². The van der Waals surface area contributed by atoms with Gasteiger partial charge in [-0.05, 0) is 57.6 Å². The molecule has 3 heteroatoms. The molecule has 0 saturated carbocycles. The lowest BCUT2D eigenvalue weighted by atomic mass is 9.82. The van der Waals surface area contributed by atoms with Crippen LogP contribution in [-0.2, 0) is 6.54 Å². The molecule has 0 atom stereocenters. The van der Waals surface area contributed by atoms with Crippen LogP contribution in [-0.4, -0.2) is 10.2 Å². The molecule has 3 nitrogen and oxygen atoms in total. The summed E-state index contributed by atoms with van der Waals surface area (Å²) in [4.78, 5) is 0. The van der Waals surface area contributed by atoms with Gasteiger partial charge in [-0.3, -0.25) is 0 Å². The summed E-state index contributed by atoms with van der Waals surface area (Å²) in [6.45, 7) is 0.678. The summed E-state index contributed by atoms with van der Waals surface area (Å²) < 4.78 is 0. The molecule has 5 rings (SSSR count). The van der Waals surface area contributed by atoms with Gasteiger partial charge in [-0.25, -0.2) is 0 Å². The molecule has 0 saturated heterocycles. The third-order valence-corrected chi connectivity index (χ3v) is 6.58. The number of phenolic OH excluding ortho intramolecular Hbond substituents is 2. The lowest BCUT2D eigenvalue weighted by molar-refractivity contribution is 0.475. The van der Waals surface area contributed by atoms with Gasteiger partial charge >= 0.3 is 0 Å². The molecule has 5 aromatic carbocycles. The highest BCUT2D eigenvalue weighted by molar-refractivity contribution is 5.48. The van der Waals surface area contributed by atoms with E-state index in [0.717, 1.165) is 11.1 Å². The van der Waals surface area contributed by atoms with Gasteiger partial charge in [0.25, 0.3) is 0 Å². The fourth-order valence-electron chi connectivity index (χ4n) is 4.79. The molecule has 0 fully saturated rings. The van der Waals surface area contributed by atoms with Gasteiger partial charge in [-0.15, -0.1) is 0 Å². The Morgan fingerprint density at radius 1 is 0.472 bits per heavy atom. The lowest BCUT2D eigenvalue weighted by Crippen LogP contribution is -2.23. The highest BCUT2D eigenvalue weighted by atomic mass is 16.3. The number of phenols is 2. The number of hydrogen-bond donors (Lipinski definition) is 3. The van der Waals surface area contributed by atoms with Crippen LogP contribution in [0.2, 0.25) is 0 Å². The number of nitrogens with one attached hydrogen (secondary N) is 1. The monoisotopic (exact) mass is 471 g/mol. The van der Waals surface area contributed by atoms with E-state index in [0.29, 0.717) is 6.54 Å². The van der Waals surface area contributed by atoms with Crippen LogP contribution in [0, 0.1) is 0 Å². The van der Waals surface area contributed by atoms with Crippen LogP contribution < -0.4 is 5.32 Å². The van der Waals surface area contributed by atoms with Gasteiger partial charge in [-0.1, -0.05) is 109 Å². The fourth-order valence-corrected chi connectivity index (χ4v) is 4.79. The van der Waals surface area contributed by atoms with E-state index in [1.807, 2.05) is 36.4 Å². The van der Waals surface area contributed by atoms with E-state index in [1.165, 1.54) is 22.3 Å². The molecule has 0 amide bonds. The summed E-state index contributed by atoms with van der Waals surface area (Å²) in [5.41, 5.74) is 6.97. The van der Waals surface area contributed by atoms with E-state index in [1.54, 1.807) is 24.3 Å². The predicted molar refractivity (Wildman–Crippen MR) is 145 cm³/mol. The van der Waals surface area contributed by atoms with Crippen molar-refractivity contribution in [1.29, 1.82) is 0 Å². The third-order valence-electron chi connectivity index (χ3n) is 6.58. The van der Waals surface area contributed by atoms with Crippen molar-refractivity contribution in [3.63, 3.8) is 0 Å². The summed E-state index contributed by atoms with van der Waals surface area (Å²) in [5.74, 6) is 0.439. The fraction of sp³-hybridized carbons (Fsp3) is 0.0909. The quantitative estimate of drug-likeness (QED) is 0.211. The summed E-state index contributed by atoms with van der Waals surface area (Å²) >= 11 is 0. The Labute approximate surface area is 212 Å². The van der Waals surface area contributed by atoms with Crippen molar-refractivity contribution in [3.05, 3.63) is 167 Å². The minimum atomic E-state index is -0.0453. The minimum Gasteiger partial charge on any atom is -0.508 e. The molecule has 3 N–H and O–H groups in total. The molecule has 36 heavy (non-hydrogen) atoms. The Hall–Kier alpha value is -4.34. The normalized spacial score (nSPS) is 11.2. The Bertz CT molecular complexity index is 1300. The first-order valence-electron chi connectivity index (χ1n) is 12.2. The second kappa shape index (κ2) is 10.9. The molecule has 0 aliphatic rings. The average Bonchev–Trinajstić information content (AvgIpc) is 2.93. The van der Waals surface area contributed by atoms with Gasteiger partial charge in [0.15, 0.2) is 0 Å². The van der Waals surface area contributed by atoms with Crippen molar-refractivity contribution in [1.82, 2.24) is 5.32 Å². The molecule has 0 aromatic heterocycles. The van der Waals surface area contributed by atoms with E-state index < -0.39 is 0 Å². The van der Waals surface area contributed by atoms with E-state index in [9.17, 15) is 10.2 Å². The first-order valence-corrected chi connectivity index (χ1v) is 12.2. The highest BCUT2D eigenvalue weighted by Gasteiger charge is 2.21. The van der Waals surface area contributed by atoms with Crippen LogP contribution >= 0.6 is 0 Å². The molecule has 0 bridgehead atoms. The number of rotatable bonds is 8. The molecule has 0 heterocycles. The molecule has 0 spiro atoms. The Morgan fingerprint density at radius 3 is 1.42 bits per heavy atom. The largest absolute Gasteiger partial charge is 0.508 e. The van der Waals surface area contributed by atoms with Crippen molar-refractivity contribution >= 4 is 0 Å². The first-order chi connectivity index (χ1) is 17.7. The maximum atomic E-state index is 9.89. The van der Waals surface area contributed by atoms with Crippen LogP contribution in [0.4, 0.5) is 0 Å². The Balaban J connectivity index is 1.52. The van der Waals surface area contributed by atoms with Crippen LogP contribution in [0.3, 0.4) is 0 Å². The van der Waals surface area contributed by atoms with Crippen molar-refractivity contribution in [2.45, 2.75) is 18.5 Å². The molecule has 5 aromatic rings. The Kier molecular flexibility index (Phi) is 7.11. The van der Waals surface area contributed by atoms with Crippen molar-refractivity contribution < 1.29 is 10.2 Å². The van der Waals surface area contributed by atoms with Crippen molar-refractivity contribution in [2.75, 3.05) is 0 Å². The zero-order chi connectivity index (χ0) is 24.7. The van der Waals surface area contributed by atoms with Crippen LogP contribution in [0.1, 0.15) is 45.3 Å². The summed E-state index contributed by atoms with van der Waals surface area (Å²) in [6, 6.07) is 44.3. The SMILES string of the molecule is Oc1ccc(C(c2ccc(O)cc2)c2ccccc2CNC(c2ccccc2)c2ccccc2)cc1. The summed E-state index contributed by atoms with van der Waals surface area (Å²) in [5, 5.41) is 23.6. The first kappa shape index (κ1) is 23.4. The van der Waals surface area contributed by atoms with Crippen molar-refractivity contribution in [3.8, 4) is 11.5 Å². The number of hydrogen-bond acceptors (Lipinski definition) is 3. The second-order valence-corrected chi connectivity index (χ2v) is 8.95. The molecule has 0 aliphatic carbocycles. The van der Waals surface area contributed by atoms with E-state index in [4.69, 9.17) is 0 Å². The highest BCUT2D eigenvalue weighted by Crippen LogP contribution is 2.35. The number of benzene rings is 5. The number of aromatic hydroxyl groups is 2. The smallest absolute Gasteiger partial charge is 0.115 e. The molecule has 0 aliphatic heterocycles. The van der Waals surface area contributed by atoms with Crippen molar-refractivity contribution in [2.24, 2.45) is 0 Å². The molecular formula is C33H29NO2. The summed E-state index contributed by atoms with van der Waals surface area (Å²) in [7, 11) is 0. The van der Waals surface area contributed by atoms with Gasteiger partial charge in [-0.2, -0.15) is 0 Å². The summed E-state index contributed by atoms with van der Waals surface area (Å²) in [6.07, 6.45) is 0. The standard InChI is InChI=1S/C33H29NO2/c35-29-19-15-24(16-20-29)32(25-17-21-30(36)22-18-25)31-14-8-7-13-28(31)23-34-33(26-9-3-1-4-10-26)27-11-5-2-6-12-27/h1-22,32-36H,23H2. The van der Waals surface area contributed by atoms with E-state index in [2.05, 4.69) is 78.1 Å². The molecule has 178 valence electrons. The predicted octanol–water partition coefficient (Wildman–Crippen LogP) is 7.16. The zero-order valence-electron chi connectivity index (χ0n) is 20.0. The zero-order valence-corrected chi connectivity index (χ0v) is 20.0. The van der Waals surface area contributed by atoms with Gasteiger partial charge in [0, 0.05) is 12.5 Å². The van der Waals surface area contributed by atoms with Gasteiger partial charge in [0.05, 0.1) is 6.04 Å². The maximum absolute atomic E-state index is 9.89. The minimum absolute atomic E-state index is 0.0453. The van der Waals surface area contributed by atoms with Gasteiger partial charge in [0.2, 0.25) is 0 Å². The van der Waals surface area contributed by atoms with Crippen LogP contribution in [0.5, 0.6) is 11.5 Å². The average molecular weight is 472 g/mol. The van der Waals surface area contributed by atoms with Gasteiger partial charge in [0.1, 0.15) is 11.5 Å². The maximum Gasteiger partial charge on any atom is 0.115 e. The Morgan fingerprint density at radius 2 is 0.917 bits per heavy atom. The molecular weight excluding hydrogens is 442 g/mol. The van der Waals surface area contributed by atoms with Gasteiger partial charge < -0.3 is 15.5 Å². The molecule has 0 radical (unpaired) electrons. The molecule has 0 unspecified atom stereocenters. The van der Waals surface area contributed by atoms with E-state index in [-0.39, 0.29) is 23.5 Å². The van der Waals surface area contributed by atoms with Crippen LogP contribution in [0.15, 0.2) is 133 Å². The lowest BCUT2D eigenvalue weighted by Gasteiger charge is -2.25. The topological polar surface area (TPSA) is 52.5 Å².